The molecule has 8 heteroatoms. The molecule has 1 N–H and O–H groups in total. The maximum absolute atomic E-state index is 12.9. The molecule has 1 aromatic heterocycles. The molecule has 0 amide bonds. The number of benzene rings is 2. The predicted octanol–water partition coefficient (Wildman–Crippen LogP) is 2.96. The van der Waals surface area contributed by atoms with Crippen LogP contribution in [0.4, 0.5) is 0 Å². The molecule has 0 spiro atoms. The fourth-order valence-corrected chi connectivity index (χ4v) is 4.24. The van der Waals surface area contributed by atoms with Gasteiger partial charge < -0.3 is 0 Å². The second-order valence-electron chi connectivity index (χ2n) is 5.53. The normalized spacial score (nSPS) is 12.9. The maximum Gasteiger partial charge on any atom is 0.241 e. The summed E-state index contributed by atoms with van der Waals surface area (Å²) in [6.07, 6.45) is 3.11. The highest BCUT2D eigenvalue weighted by molar-refractivity contribution is 7.89. The number of nitrogens with zero attached hydrogens (tertiary/aromatic N) is 3. The molecule has 0 aliphatic rings. The first-order valence-electron chi connectivity index (χ1n) is 7.64. The molecule has 0 saturated carbocycles. The molecule has 0 radical (unpaired) electrons. The molecule has 25 heavy (non-hydrogen) atoms. The van der Waals surface area contributed by atoms with Crippen LogP contribution in [0.3, 0.4) is 0 Å². The second-order valence-corrected chi connectivity index (χ2v) is 7.62. The summed E-state index contributed by atoms with van der Waals surface area (Å²) in [6.45, 7) is 1.96. The van der Waals surface area contributed by atoms with Crippen LogP contribution < -0.4 is 4.72 Å². The van der Waals surface area contributed by atoms with Crippen LogP contribution in [0, 0.1) is 6.92 Å². The number of sulfonamides is 1. The first kappa shape index (κ1) is 17.6. The lowest BCUT2D eigenvalue weighted by Crippen LogP contribution is -2.32. The molecule has 0 aliphatic carbocycles. The van der Waals surface area contributed by atoms with E-state index >= 15 is 0 Å². The Labute approximate surface area is 151 Å². The van der Waals surface area contributed by atoms with Crippen molar-refractivity contribution in [3.8, 4) is 0 Å². The summed E-state index contributed by atoms with van der Waals surface area (Å²) in [7, 11) is -3.77. The number of hydrogen-bond acceptors (Lipinski definition) is 4. The molecule has 3 aromatic rings. The molecule has 1 atom stereocenters. The maximum atomic E-state index is 12.9. The molecule has 0 saturated heterocycles. The molecule has 2 aromatic carbocycles. The van der Waals surface area contributed by atoms with Crippen molar-refractivity contribution < 1.29 is 8.42 Å². The Balaban J connectivity index is 1.95. The van der Waals surface area contributed by atoms with Crippen LogP contribution in [0.2, 0.25) is 5.02 Å². The Hall–Kier alpha value is -2.22. The quantitative estimate of drug-likeness (QED) is 0.717. The Morgan fingerprint density at radius 2 is 1.76 bits per heavy atom. The van der Waals surface area contributed by atoms with Crippen molar-refractivity contribution in [1.82, 2.24) is 19.7 Å². The van der Waals surface area contributed by atoms with E-state index in [0.717, 1.165) is 5.56 Å². The third-order valence-electron chi connectivity index (χ3n) is 3.82. The first-order valence-corrected chi connectivity index (χ1v) is 9.50. The van der Waals surface area contributed by atoms with Crippen LogP contribution in [0.5, 0.6) is 0 Å². The average molecular weight is 377 g/mol. The van der Waals surface area contributed by atoms with Crippen LogP contribution in [0.25, 0.3) is 0 Å². The van der Waals surface area contributed by atoms with Crippen LogP contribution in [-0.4, -0.2) is 23.4 Å². The Morgan fingerprint density at radius 3 is 2.44 bits per heavy atom. The van der Waals surface area contributed by atoms with E-state index in [0.29, 0.717) is 10.6 Å². The van der Waals surface area contributed by atoms with Crippen molar-refractivity contribution in [3.05, 3.63) is 77.1 Å². The van der Waals surface area contributed by atoms with E-state index in [2.05, 4.69) is 14.9 Å². The summed E-state index contributed by atoms with van der Waals surface area (Å²) in [6, 6.07) is 13.6. The summed E-state index contributed by atoms with van der Waals surface area (Å²) >= 11 is 6.07. The van der Waals surface area contributed by atoms with Crippen molar-refractivity contribution in [2.45, 2.75) is 24.4 Å². The van der Waals surface area contributed by atoms with Gasteiger partial charge in [0.2, 0.25) is 10.0 Å². The third kappa shape index (κ3) is 4.07. The van der Waals surface area contributed by atoms with Crippen molar-refractivity contribution in [2.75, 3.05) is 0 Å². The monoisotopic (exact) mass is 376 g/mol. The summed E-state index contributed by atoms with van der Waals surface area (Å²) in [5.74, 6) is 0. The summed E-state index contributed by atoms with van der Waals surface area (Å²) in [4.78, 5) is 1.61. The molecule has 0 fully saturated rings. The van der Waals surface area contributed by atoms with Gasteiger partial charge in [-0.05, 0) is 30.2 Å². The van der Waals surface area contributed by atoms with E-state index in [9.17, 15) is 8.42 Å². The number of aromatic nitrogens is 3. The van der Waals surface area contributed by atoms with Crippen LogP contribution in [-0.2, 0) is 16.6 Å². The summed E-state index contributed by atoms with van der Waals surface area (Å²) in [5, 5.41) is 8.54. The molecule has 6 nitrogen and oxygen atoms in total. The highest BCUT2D eigenvalue weighted by atomic mass is 35.5. The average Bonchev–Trinajstić information content (AvgIpc) is 3.10. The summed E-state index contributed by atoms with van der Waals surface area (Å²) in [5.41, 5.74) is 1.34. The molecular formula is C17H17ClN4O2S. The van der Waals surface area contributed by atoms with Gasteiger partial charge in [0.15, 0.2) is 0 Å². The van der Waals surface area contributed by atoms with Crippen LogP contribution >= 0.6 is 11.6 Å². The van der Waals surface area contributed by atoms with E-state index in [1.807, 2.05) is 30.3 Å². The summed E-state index contributed by atoms with van der Waals surface area (Å²) < 4.78 is 28.5. The molecule has 1 heterocycles. The highest BCUT2D eigenvalue weighted by Crippen LogP contribution is 2.25. The second kappa shape index (κ2) is 7.35. The molecule has 0 bridgehead atoms. The van der Waals surface area contributed by atoms with Crippen molar-refractivity contribution >= 4 is 21.6 Å². The Morgan fingerprint density at radius 1 is 1.08 bits per heavy atom. The van der Waals surface area contributed by atoms with Gasteiger partial charge in [0.1, 0.15) is 0 Å². The minimum absolute atomic E-state index is 0.161. The Bertz CT molecular complexity index is 944. The van der Waals surface area contributed by atoms with Gasteiger partial charge in [-0.2, -0.15) is 15.0 Å². The Kier molecular flexibility index (Phi) is 5.17. The van der Waals surface area contributed by atoms with Crippen LogP contribution in [0.15, 0.2) is 65.8 Å². The lowest BCUT2D eigenvalue weighted by atomic mass is 10.1. The molecule has 0 unspecified atom stereocenters. The molecular weight excluding hydrogens is 360 g/mol. The SMILES string of the molecule is Cc1c(Cl)cccc1S(=O)(=O)N[C@H](Cn1nccn1)c1ccccc1. The minimum atomic E-state index is -3.77. The van der Waals surface area contributed by atoms with Gasteiger partial charge in [0.05, 0.1) is 29.9 Å². The van der Waals surface area contributed by atoms with E-state index in [4.69, 9.17) is 11.6 Å². The van der Waals surface area contributed by atoms with Crippen molar-refractivity contribution in [1.29, 1.82) is 0 Å². The molecule has 130 valence electrons. The number of hydrogen-bond donors (Lipinski definition) is 1. The smallest absolute Gasteiger partial charge is 0.207 e. The van der Waals surface area contributed by atoms with Gasteiger partial charge in [-0.3, -0.25) is 0 Å². The van der Waals surface area contributed by atoms with Gasteiger partial charge in [0.25, 0.3) is 0 Å². The van der Waals surface area contributed by atoms with E-state index in [1.54, 1.807) is 31.5 Å². The zero-order chi connectivity index (χ0) is 17.9. The third-order valence-corrected chi connectivity index (χ3v) is 5.84. The lowest BCUT2D eigenvalue weighted by molar-refractivity contribution is 0.444. The largest absolute Gasteiger partial charge is 0.241 e. The fraction of sp³-hybridized carbons (Fsp3) is 0.176. The van der Waals surface area contributed by atoms with Gasteiger partial charge in [-0.25, -0.2) is 13.1 Å². The first-order chi connectivity index (χ1) is 12.0. The fourth-order valence-electron chi connectivity index (χ4n) is 2.53. The van der Waals surface area contributed by atoms with Gasteiger partial charge >= 0.3 is 0 Å². The van der Waals surface area contributed by atoms with E-state index in [-0.39, 0.29) is 11.4 Å². The number of nitrogens with one attached hydrogen (secondary N) is 1. The predicted molar refractivity (Wildman–Crippen MR) is 95.7 cm³/mol. The number of rotatable bonds is 6. The number of halogens is 1. The van der Waals surface area contributed by atoms with Crippen molar-refractivity contribution in [3.63, 3.8) is 0 Å². The highest BCUT2D eigenvalue weighted by Gasteiger charge is 2.24. The zero-order valence-corrected chi connectivity index (χ0v) is 15.1. The lowest BCUT2D eigenvalue weighted by Gasteiger charge is -2.19. The van der Waals surface area contributed by atoms with E-state index < -0.39 is 16.1 Å². The standard InChI is InChI=1S/C17H17ClN4O2S/c1-13-15(18)8-5-9-17(13)25(23,24)21-16(12-22-19-10-11-20-22)14-6-3-2-4-7-14/h2-11,16,21H,12H2,1H3/t16-/m1/s1. The van der Waals surface area contributed by atoms with Gasteiger partial charge in [-0.1, -0.05) is 48.0 Å². The zero-order valence-electron chi connectivity index (χ0n) is 13.5. The van der Waals surface area contributed by atoms with Crippen molar-refractivity contribution in [2.24, 2.45) is 0 Å². The van der Waals surface area contributed by atoms with Crippen LogP contribution in [0.1, 0.15) is 17.2 Å². The van der Waals surface area contributed by atoms with Gasteiger partial charge in [-0.15, -0.1) is 0 Å². The minimum Gasteiger partial charge on any atom is -0.207 e. The molecule has 0 aliphatic heterocycles. The molecule has 3 rings (SSSR count). The van der Waals surface area contributed by atoms with E-state index in [1.165, 1.54) is 10.9 Å². The topological polar surface area (TPSA) is 76.9 Å². The van der Waals surface area contributed by atoms with Gasteiger partial charge in [0, 0.05) is 5.02 Å².